The molecule has 1 unspecified atom stereocenters. The van der Waals surface area contributed by atoms with Crippen LogP contribution in [0.4, 0.5) is 0 Å². The quantitative estimate of drug-likeness (QED) is 0.634. The molecule has 11 heavy (non-hydrogen) atoms. The maximum atomic E-state index is 9.22. The van der Waals surface area contributed by atoms with E-state index in [1.807, 2.05) is 6.92 Å². The first-order valence-corrected chi connectivity index (χ1v) is 4.57. The lowest BCUT2D eigenvalue weighted by molar-refractivity contribution is 0.152. The van der Waals surface area contributed by atoms with Gasteiger partial charge >= 0.3 is 0 Å². The van der Waals surface area contributed by atoms with Crippen LogP contribution in [0, 0.1) is 0 Å². The summed E-state index contributed by atoms with van der Waals surface area (Å²) in [6.07, 6.45) is 2.86. The average molecular weight is 159 g/mol. The van der Waals surface area contributed by atoms with Gasteiger partial charge in [-0.15, -0.1) is 0 Å². The van der Waals surface area contributed by atoms with E-state index in [0.717, 1.165) is 32.4 Å². The Bertz CT molecular complexity index is 75.6. The summed E-state index contributed by atoms with van der Waals surface area (Å²) in [5.41, 5.74) is 0. The molecule has 0 aliphatic rings. The van der Waals surface area contributed by atoms with Crippen LogP contribution in [-0.2, 0) is 0 Å². The molecule has 0 aromatic rings. The number of hydrogen-bond acceptors (Lipinski definition) is 2. The molecule has 0 aliphatic heterocycles. The second kappa shape index (κ2) is 6.62. The van der Waals surface area contributed by atoms with Gasteiger partial charge in [-0.25, -0.2) is 0 Å². The Morgan fingerprint density at radius 1 is 1.36 bits per heavy atom. The van der Waals surface area contributed by atoms with E-state index >= 15 is 0 Å². The fraction of sp³-hybridized carbons (Fsp3) is 1.00. The Hall–Kier alpha value is -0.0800. The summed E-state index contributed by atoms with van der Waals surface area (Å²) in [6, 6.07) is 0. The van der Waals surface area contributed by atoms with Gasteiger partial charge in [0.25, 0.3) is 0 Å². The van der Waals surface area contributed by atoms with E-state index in [4.69, 9.17) is 0 Å². The highest BCUT2D eigenvalue weighted by molar-refractivity contribution is 4.55. The lowest BCUT2D eigenvalue weighted by Crippen LogP contribution is -2.20. The normalized spacial score (nSPS) is 13.9. The molecule has 0 spiro atoms. The van der Waals surface area contributed by atoms with E-state index in [2.05, 4.69) is 18.9 Å². The van der Waals surface area contributed by atoms with Gasteiger partial charge in [-0.2, -0.15) is 0 Å². The summed E-state index contributed by atoms with van der Waals surface area (Å²) in [5, 5.41) is 9.22. The molecule has 0 aromatic carbocycles. The fourth-order valence-electron chi connectivity index (χ4n) is 0.959. The lowest BCUT2D eigenvalue weighted by atomic mass is 10.1. The molecule has 1 N–H and O–H groups in total. The smallest absolute Gasteiger partial charge is 0.0538 e. The van der Waals surface area contributed by atoms with E-state index < -0.39 is 0 Å². The molecule has 0 bridgehead atoms. The van der Waals surface area contributed by atoms with Crippen molar-refractivity contribution in [2.75, 3.05) is 20.1 Å². The van der Waals surface area contributed by atoms with Crippen LogP contribution in [0.15, 0.2) is 0 Å². The molecule has 0 saturated heterocycles. The summed E-state index contributed by atoms with van der Waals surface area (Å²) in [6.45, 7) is 6.38. The van der Waals surface area contributed by atoms with Crippen LogP contribution in [0.5, 0.6) is 0 Å². The van der Waals surface area contributed by atoms with Gasteiger partial charge in [-0.05, 0) is 39.4 Å². The number of aliphatic hydroxyl groups is 1. The molecule has 2 heteroatoms. The van der Waals surface area contributed by atoms with Crippen molar-refractivity contribution in [3.8, 4) is 0 Å². The number of hydrogen-bond donors (Lipinski definition) is 1. The SMILES string of the molecule is CCC(O)CCCN(C)CC. The third-order valence-electron chi connectivity index (χ3n) is 2.09. The third kappa shape index (κ3) is 6.32. The van der Waals surface area contributed by atoms with Gasteiger partial charge in [-0.1, -0.05) is 13.8 Å². The largest absolute Gasteiger partial charge is 0.393 e. The average Bonchev–Trinajstić information content (AvgIpc) is 2.04. The Morgan fingerprint density at radius 3 is 2.45 bits per heavy atom. The van der Waals surface area contributed by atoms with Crippen molar-refractivity contribution in [2.24, 2.45) is 0 Å². The van der Waals surface area contributed by atoms with Crippen molar-refractivity contribution in [3.63, 3.8) is 0 Å². The zero-order valence-electron chi connectivity index (χ0n) is 8.01. The topological polar surface area (TPSA) is 23.5 Å². The van der Waals surface area contributed by atoms with E-state index in [-0.39, 0.29) is 6.10 Å². The number of rotatable bonds is 6. The Balaban J connectivity index is 3.13. The molecule has 0 aromatic heterocycles. The van der Waals surface area contributed by atoms with Crippen molar-refractivity contribution in [3.05, 3.63) is 0 Å². The standard InChI is InChI=1S/C9H21NO/c1-4-9(11)7-6-8-10(3)5-2/h9,11H,4-8H2,1-3H3. The van der Waals surface area contributed by atoms with Crippen molar-refractivity contribution in [1.29, 1.82) is 0 Å². The van der Waals surface area contributed by atoms with Crippen LogP contribution in [0.2, 0.25) is 0 Å². The fourth-order valence-corrected chi connectivity index (χ4v) is 0.959. The molecule has 0 saturated carbocycles. The van der Waals surface area contributed by atoms with Crippen LogP contribution in [0.3, 0.4) is 0 Å². The zero-order chi connectivity index (χ0) is 8.69. The zero-order valence-corrected chi connectivity index (χ0v) is 8.01. The molecular formula is C9H21NO. The van der Waals surface area contributed by atoms with E-state index in [1.54, 1.807) is 0 Å². The van der Waals surface area contributed by atoms with Gasteiger partial charge < -0.3 is 10.0 Å². The van der Waals surface area contributed by atoms with Crippen LogP contribution in [0.25, 0.3) is 0 Å². The molecule has 0 heterocycles. The minimum absolute atomic E-state index is 0.0831. The van der Waals surface area contributed by atoms with Crippen LogP contribution in [0.1, 0.15) is 33.1 Å². The Morgan fingerprint density at radius 2 is 2.00 bits per heavy atom. The highest BCUT2D eigenvalue weighted by Gasteiger charge is 2.00. The summed E-state index contributed by atoms with van der Waals surface area (Å²) in [4.78, 5) is 2.27. The molecule has 2 nitrogen and oxygen atoms in total. The summed E-state index contributed by atoms with van der Waals surface area (Å²) < 4.78 is 0. The molecule has 0 fully saturated rings. The first-order valence-electron chi connectivity index (χ1n) is 4.57. The van der Waals surface area contributed by atoms with Gasteiger partial charge in [0.05, 0.1) is 6.10 Å². The molecular weight excluding hydrogens is 138 g/mol. The van der Waals surface area contributed by atoms with Crippen LogP contribution < -0.4 is 0 Å². The highest BCUT2D eigenvalue weighted by Crippen LogP contribution is 2.01. The molecule has 0 radical (unpaired) electrons. The monoisotopic (exact) mass is 159 g/mol. The maximum Gasteiger partial charge on any atom is 0.0538 e. The number of aliphatic hydroxyl groups excluding tert-OH is 1. The molecule has 1 atom stereocenters. The Labute approximate surface area is 70.2 Å². The second-order valence-corrected chi connectivity index (χ2v) is 3.10. The highest BCUT2D eigenvalue weighted by atomic mass is 16.3. The van der Waals surface area contributed by atoms with E-state index in [9.17, 15) is 5.11 Å². The van der Waals surface area contributed by atoms with E-state index in [0.29, 0.717) is 0 Å². The van der Waals surface area contributed by atoms with Gasteiger partial charge in [0.15, 0.2) is 0 Å². The second-order valence-electron chi connectivity index (χ2n) is 3.10. The third-order valence-corrected chi connectivity index (χ3v) is 2.09. The molecule has 68 valence electrons. The van der Waals surface area contributed by atoms with Crippen LogP contribution >= 0.6 is 0 Å². The van der Waals surface area contributed by atoms with E-state index in [1.165, 1.54) is 0 Å². The van der Waals surface area contributed by atoms with Crippen molar-refractivity contribution in [2.45, 2.75) is 39.2 Å². The summed E-state index contributed by atoms with van der Waals surface area (Å²) in [5.74, 6) is 0. The predicted octanol–water partition coefficient (Wildman–Crippen LogP) is 1.49. The van der Waals surface area contributed by atoms with Gasteiger partial charge in [0.2, 0.25) is 0 Å². The predicted molar refractivity (Wildman–Crippen MR) is 48.7 cm³/mol. The van der Waals surface area contributed by atoms with Gasteiger partial charge in [0.1, 0.15) is 0 Å². The van der Waals surface area contributed by atoms with Crippen molar-refractivity contribution < 1.29 is 5.11 Å². The maximum absolute atomic E-state index is 9.22. The number of nitrogens with zero attached hydrogens (tertiary/aromatic N) is 1. The summed E-state index contributed by atoms with van der Waals surface area (Å²) in [7, 11) is 2.11. The lowest BCUT2D eigenvalue weighted by Gasteiger charge is -2.14. The first-order chi connectivity index (χ1) is 5.20. The molecule has 0 rings (SSSR count). The molecule has 0 aliphatic carbocycles. The minimum Gasteiger partial charge on any atom is -0.393 e. The first kappa shape index (κ1) is 10.9. The Kier molecular flexibility index (Phi) is 6.57. The van der Waals surface area contributed by atoms with Crippen molar-refractivity contribution in [1.82, 2.24) is 4.90 Å². The van der Waals surface area contributed by atoms with Crippen LogP contribution in [-0.4, -0.2) is 36.2 Å². The molecule has 0 amide bonds. The summed E-state index contributed by atoms with van der Waals surface area (Å²) >= 11 is 0. The van der Waals surface area contributed by atoms with Crippen molar-refractivity contribution >= 4 is 0 Å². The minimum atomic E-state index is -0.0831. The van der Waals surface area contributed by atoms with Gasteiger partial charge in [0, 0.05) is 0 Å². The van der Waals surface area contributed by atoms with Gasteiger partial charge in [-0.3, -0.25) is 0 Å².